The number of nitrogens with zero attached hydrogens (tertiary/aromatic N) is 1. The first kappa shape index (κ1) is 13.7. The highest BCUT2D eigenvalue weighted by molar-refractivity contribution is 7.09. The number of carbonyl (C=O) groups is 1. The van der Waals surface area contributed by atoms with Crippen molar-refractivity contribution in [2.24, 2.45) is 0 Å². The van der Waals surface area contributed by atoms with E-state index in [2.05, 4.69) is 15.0 Å². The average molecular weight is 276 g/mol. The first-order valence-corrected chi connectivity index (χ1v) is 6.89. The lowest BCUT2D eigenvalue weighted by atomic mass is 10.2. The van der Waals surface area contributed by atoms with E-state index in [9.17, 15) is 4.79 Å². The van der Waals surface area contributed by atoms with E-state index >= 15 is 0 Å². The number of hydrogen-bond acceptors (Lipinski definition) is 5. The largest absolute Gasteiger partial charge is 0.468 e. The Hall–Kier alpha value is -1.72. The van der Waals surface area contributed by atoms with Crippen LogP contribution >= 0.6 is 11.3 Å². The summed E-state index contributed by atoms with van der Waals surface area (Å²) < 4.78 is 4.66. The van der Waals surface area contributed by atoms with Crippen molar-refractivity contribution in [3.8, 4) is 11.3 Å². The maximum atomic E-state index is 11.3. The van der Waals surface area contributed by atoms with Gasteiger partial charge in [0.1, 0.15) is 11.0 Å². The molecule has 1 heterocycles. The van der Waals surface area contributed by atoms with Gasteiger partial charge in [0.25, 0.3) is 0 Å². The summed E-state index contributed by atoms with van der Waals surface area (Å²) in [5, 5.41) is 6.06. The van der Waals surface area contributed by atoms with Crippen LogP contribution in [0.3, 0.4) is 0 Å². The number of hydrogen-bond donors (Lipinski definition) is 1. The Bertz CT molecular complexity index is 539. The van der Waals surface area contributed by atoms with Crippen LogP contribution in [-0.2, 0) is 16.1 Å². The van der Waals surface area contributed by atoms with Crippen LogP contribution in [0.5, 0.6) is 0 Å². The third kappa shape index (κ3) is 3.62. The van der Waals surface area contributed by atoms with Gasteiger partial charge in [-0.2, -0.15) is 0 Å². The molecule has 1 aromatic carbocycles. The predicted molar refractivity (Wildman–Crippen MR) is 75.9 cm³/mol. The first-order valence-electron chi connectivity index (χ1n) is 6.01. The Labute approximate surface area is 116 Å². The molecule has 19 heavy (non-hydrogen) atoms. The SMILES string of the molecule is COC(=O)C(C)NCc1nc(-c2ccccc2)cs1. The van der Waals surface area contributed by atoms with Gasteiger partial charge in [-0.25, -0.2) is 4.98 Å². The van der Waals surface area contributed by atoms with E-state index in [0.29, 0.717) is 6.54 Å². The Morgan fingerprint density at radius 2 is 2.16 bits per heavy atom. The van der Waals surface area contributed by atoms with Crippen LogP contribution in [0.25, 0.3) is 11.3 Å². The van der Waals surface area contributed by atoms with Crippen molar-refractivity contribution in [3.63, 3.8) is 0 Å². The minimum Gasteiger partial charge on any atom is -0.468 e. The van der Waals surface area contributed by atoms with Crippen molar-refractivity contribution in [2.75, 3.05) is 7.11 Å². The second-order valence-corrected chi connectivity index (χ2v) is 5.06. The first-order chi connectivity index (χ1) is 9.20. The molecule has 2 rings (SSSR count). The average Bonchev–Trinajstić information content (AvgIpc) is 2.93. The molecule has 1 atom stereocenters. The zero-order valence-electron chi connectivity index (χ0n) is 10.9. The quantitative estimate of drug-likeness (QED) is 0.852. The minimum atomic E-state index is -0.325. The molecule has 2 aromatic rings. The monoisotopic (exact) mass is 276 g/mol. The maximum absolute atomic E-state index is 11.3. The van der Waals surface area contributed by atoms with Gasteiger partial charge in [0.05, 0.1) is 12.8 Å². The number of benzene rings is 1. The van der Waals surface area contributed by atoms with Crippen molar-refractivity contribution in [3.05, 3.63) is 40.7 Å². The molecule has 1 N–H and O–H groups in total. The van der Waals surface area contributed by atoms with Crippen LogP contribution in [-0.4, -0.2) is 24.1 Å². The topological polar surface area (TPSA) is 51.2 Å². The standard InChI is InChI=1S/C14H16N2O2S/c1-10(14(17)18-2)15-8-13-16-12(9-19-13)11-6-4-3-5-7-11/h3-7,9-10,15H,8H2,1-2H3. The summed E-state index contributed by atoms with van der Waals surface area (Å²) in [6, 6.07) is 9.70. The molecule has 0 aliphatic carbocycles. The smallest absolute Gasteiger partial charge is 0.322 e. The van der Waals surface area contributed by atoms with Gasteiger partial charge >= 0.3 is 5.97 Å². The van der Waals surface area contributed by atoms with E-state index in [1.807, 2.05) is 35.7 Å². The number of thiazole rings is 1. The fraction of sp³-hybridized carbons (Fsp3) is 0.286. The summed E-state index contributed by atoms with van der Waals surface area (Å²) in [5.74, 6) is -0.264. The van der Waals surface area contributed by atoms with E-state index in [1.165, 1.54) is 7.11 Å². The van der Waals surface area contributed by atoms with Gasteiger partial charge in [0.15, 0.2) is 0 Å². The molecule has 0 spiro atoms. The molecule has 0 radical (unpaired) electrons. The van der Waals surface area contributed by atoms with Gasteiger partial charge in [0.2, 0.25) is 0 Å². The fourth-order valence-corrected chi connectivity index (χ4v) is 2.39. The molecule has 0 bridgehead atoms. The number of esters is 1. The van der Waals surface area contributed by atoms with Gasteiger partial charge in [-0.1, -0.05) is 30.3 Å². The molecule has 0 amide bonds. The van der Waals surface area contributed by atoms with Crippen molar-refractivity contribution in [2.45, 2.75) is 19.5 Å². The van der Waals surface area contributed by atoms with Crippen LogP contribution in [0.4, 0.5) is 0 Å². The van der Waals surface area contributed by atoms with Gasteiger partial charge < -0.3 is 4.74 Å². The van der Waals surface area contributed by atoms with Crippen molar-refractivity contribution < 1.29 is 9.53 Å². The Morgan fingerprint density at radius 3 is 2.84 bits per heavy atom. The molecule has 0 fully saturated rings. The van der Waals surface area contributed by atoms with E-state index < -0.39 is 0 Å². The molecular formula is C14H16N2O2S. The summed E-state index contributed by atoms with van der Waals surface area (Å²) in [6.07, 6.45) is 0. The Kier molecular flexibility index (Phi) is 4.65. The van der Waals surface area contributed by atoms with Gasteiger partial charge in [-0.05, 0) is 6.92 Å². The number of rotatable bonds is 5. The van der Waals surface area contributed by atoms with Crippen LogP contribution in [0, 0.1) is 0 Å². The lowest BCUT2D eigenvalue weighted by molar-refractivity contribution is -0.142. The molecule has 0 aliphatic rings. The summed E-state index contributed by atoms with van der Waals surface area (Å²) in [5.41, 5.74) is 2.07. The zero-order valence-corrected chi connectivity index (χ0v) is 11.7. The van der Waals surface area contributed by atoms with E-state index in [0.717, 1.165) is 16.3 Å². The van der Waals surface area contributed by atoms with E-state index in [1.54, 1.807) is 18.3 Å². The third-order valence-electron chi connectivity index (χ3n) is 2.74. The Morgan fingerprint density at radius 1 is 1.42 bits per heavy atom. The fourth-order valence-electron chi connectivity index (χ4n) is 1.63. The summed E-state index contributed by atoms with van der Waals surface area (Å²) >= 11 is 1.58. The summed E-state index contributed by atoms with van der Waals surface area (Å²) in [4.78, 5) is 15.8. The predicted octanol–water partition coefficient (Wildman–Crippen LogP) is 2.46. The highest BCUT2D eigenvalue weighted by Gasteiger charge is 2.13. The lowest BCUT2D eigenvalue weighted by Gasteiger charge is -2.09. The van der Waals surface area contributed by atoms with Gasteiger partial charge in [-0.3, -0.25) is 10.1 Å². The molecule has 0 saturated carbocycles. The van der Waals surface area contributed by atoms with Crippen molar-refractivity contribution in [1.82, 2.24) is 10.3 Å². The second kappa shape index (κ2) is 6.45. The molecule has 1 aromatic heterocycles. The molecule has 100 valence electrons. The van der Waals surface area contributed by atoms with Crippen LogP contribution in [0.2, 0.25) is 0 Å². The number of methoxy groups -OCH3 is 1. The number of ether oxygens (including phenoxy) is 1. The third-order valence-corrected chi connectivity index (χ3v) is 3.58. The van der Waals surface area contributed by atoms with Crippen LogP contribution in [0.15, 0.2) is 35.7 Å². The van der Waals surface area contributed by atoms with Gasteiger partial charge in [-0.15, -0.1) is 11.3 Å². The molecule has 0 aliphatic heterocycles. The minimum absolute atomic E-state index is 0.264. The highest BCUT2D eigenvalue weighted by Crippen LogP contribution is 2.21. The Balaban J connectivity index is 1.97. The van der Waals surface area contributed by atoms with E-state index in [-0.39, 0.29) is 12.0 Å². The lowest BCUT2D eigenvalue weighted by Crippen LogP contribution is -2.34. The molecule has 4 nitrogen and oxygen atoms in total. The second-order valence-electron chi connectivity index (χ2n) is 4.12. The summed E-state index contributed by atoms with van der Waals surface area (Å²) in [7, 11) is 1.39. The number of aromatic nitrogens is 1. The molecule has 5 heteroatoms. The zero-order chi connectivity index (χ0) is 13.7. The van der Waals surface area contributed by atoms with Crippen molar-refractivity contribution >= 4 is 17.3 Å². The molecular weight excluding hydrogens is 260 g/mol. The normalized spacial score (nSPS) is 12.1. The van der Waals surface area contributed by atoms with Gasteiger partial charge in [0, 0.05) is 17.5 Å². The van der Waals surface area contributed by atoms with Crippen molar-refractivity contribution in [1.29, 1.82) is 0 Å². The molecule has 0 saturated heterocycles. The highest BCUT2D eigenvalue weighted by atomic mass is 32.1. The maximum Gasteiger partial charge on any atom is 0.322 e. The van der Waals surface area contributed by atoms with Crippen LogP contribution < -0.4 is 5.32 Å². The molecule has 1 unspecified atom stereocenters. The number of carbonyl (C=O) groups excluding carboxylic acids is 1. The van der Waals surface area contributed by atoms with Crippen LogP contribution in [0.1, 0.15) is 11.9 Å². The number of nitrogens with one attached hydrogen (secondary N) is 1. The summed E-state index contributed by atoms with van der Waals surface area (Å²) in [6.45, 7) is 2.34. The van der Waals surface area contributed by atoms with E-state index in [4.69, 9.17) is 0 Å².